The first-order valence-electron chi connectivity index (χ1n) is 10.5. The number of carbonyl (C=O) groups is 1. The van der Waals surface area contributed by atoms with E-state index in [0.717, 1.165) is 22.4 Å². The third-order valence-electron chi connectivity index (χ3n) is 5.72. The second-order valence-electron chi connectivity index (χ2n) is 7.65. The van der Waals surface area contributed by atoms with Gasteiger partial charge >= 0.3 is 0 Å². The lowest BCUT2D eigenvalue weighted by molar-refractivity contribution is -0.116. The summed E-state index contributed by atoms with van der Waals surface area (Å²) in [6.45, 7) is 1.90. The normalized spacial score (nSPS) is 15.0. The lowest BCUT2D eigenvalue weighted by Gasteiger charge is -2.26. The topological polar surface area (TPSA) is 104 Å². The van der Waals surface area contributed by atoms with Crippen LogP contribution >= 0.6 is 0 Å². The van der Waals surface area contributed by atoms with Gasteiger partial charge in [0.25, 0.3) is 5.95 Å². The van der Waals surface area contributed by atoms with Crippen LogP contribution in [0.3, 0.4) is 0 Å². The van der Waals surface area contributed by atoms with Crippen molar-refractivity contribution in [2.24, 2.45) is 0 Å². The van der Waals surface area contributed by atoms with Crippen LogP contribution in [0.15, 0.2) is 54.7 Å². The van der Waals surface area contributed by atoms with E-state index in [1.807, 2.05) is 55.5 Å². The average molecular weight is 442 g/mol. The minimum atomic E-state index is -0.266. The summed E-state index contributed by atoms with van der Waals surface area (Å²) in [4.78, 5) is 17.4. The maximum Gasteiger partial charge on any atom is 0.272 e. The number of ether oxygens (including phenoxy) is 2. The number of amides is 1. The van der Waals surface area contributed by atoms with Gasteiger partial charge in [0.05, 0.1) is 31.8 Å². The molecule has 1 atom stereocenters. The molecule has 2 aromatic heterocycles. The Balaban J connectivity index is 1.64. The van der Waals surface area contributed by atoms with Crippen LogP contribution in [0, 0.1) is 6.92 Å². The first-order valence-corrected chi connectivity index (χ1v) is 10.5. The lowest BCUT2D eigenvalue weighted by Crippen LogP contribution is -2.25. The van der Waals surface area contributed by atoms with Crippen LogP contribution in [-0.4, -0.2) is 45.1 Å². The van der Waals surface area contributed by atoms with Crippen molar-refractivity contribution in [2.45, 2.75) is 19.3 Å². The predicted molar refractivity (Wildman–Crippen MR) is 122 cm³/mol. The third-order valence-corrected chi connectivity index (χ3v) is 5.72. The molecule has 2 aromatic carbocycles. The van der Waals surface area contributed by atoms with Crippen molar-refractivity contribution in [3.63, 3.8) is 0 Å². The van der Waals surface area contributed by atoms with Gasteiger partial charge in [0, 0.05) is 29.0 Å². The Morgan fingerprint density at radius 3 is 2.64 bits per heavy atom. The van der Waals surface area contributed by atoms with E-state index in [4.69, 9.17) is 9.47 Å². The maximum atomic E-state index is 12.8. The summed E-state index contributed by atoms with van der Waals surface area (Å²) < 4.78 is 12.7. The van der Waals surface area contributed by atoms with Crippen molar-refractivity contribution >= 4 is 11.7 Å². The van der Waals surface area contributed by atoms with Crippen molar-refractivity contribution in [1.82, 2.24) is 25.0 Å². The van der Waals surface area contributed by atoms with Crippen molar-refractivity contribution < 1.29 is 14.3 Å². The van der Waals surface area contributed by atoms with Gasteiger partial charge in [-0.3, -0.25) is 4.79 Å². The second-order valence-corrected chi connectivity index (χ2v) is 7.65. The van der Waals surface area contributed by atoms with Crippen molar-refractivity contribution in [3.8, 4) is 28.7 Å². The van der Waals surface area contributed by atoms with E-state index in [2.05, 4.69) is 25.6 Å². The van der Waals surface area contributed by atoms with Gasteiger partial charge < -0.3 is 14.8 Å². The highest BCUT2D eigenvalue weighted by molar-refractivity contribution is 5.95. The number of methoxy groups -OCH3 is 2. The largest absolute Gasteiger partial charge is 0.493 e. The molecule has 3 heterocycles. The van der Waals surface area contributed by atoms with Crippen LogP contribution in [0.2, 0.25) is 0 Å². The van der Waals surface area contributed by atoms with Crippen LogP contribution in [0.25, 0.3) is 17.2 Å². The number of aryl methyl sites for hydroxylation is 1. The smallest absolute Gasteiger partial charge is 0.272 e. The Hall–Kier alpha value is -4.27. The van der Waals surface area contributed by atoms with Gasteiger partial charge in [0.2, 0.25) is 5.91 Å². The summed E-state index contributed by atoms with van der Waals surface area (Å²) in [5.41, 5.74) is 4.07. The molecule has 33 heavy (non-hydrogen) atoms. The minimum absolute atomic E-state index is 0.134. The van der Waals surface area contributed by atoms with Gasteiger partial charge in [0.15, 0.2) is 11.5 Å². The number of nitrogens with zero attached hydrogens (tertiary/aromatic N) is 5. The predicted octanol–water partition coefficient (Wildman–Crippen LogP) is 3.52. The Morgan fingerprint density at radius 1 is 1.06 bits per heavy atom. The van der Waals surface area contributed by atoms with Crippen LogP contribution in [0.5, 0.6) is 11.5 Å². The fraction of sp³-hybridized carbons (Fsp3) is 0.208. The van der Waals surface area contributed by atoms with Crippen LogP contribution < -0.4 is 14.8 Å². The molecule has 0 unspecified atom stereocenters. The number of aromatic nitrogens is 5. The molecule has 0 fully saturated rings. The molecule has 1 N–H and O–H groups in total. The summed E-state index contributed by atoms with van der Waals surface area (Å²) in [6.07, 6.45) is 1.86. The zero-order valence-corrected chi connectivity index (χ0v) is 18.4. The highest BCUT2D eigenvalue weighted by Gasteiger charge is 2.35. The number of para-hydroxylation sites is 1. The molecule has 9 nitrogen and oxygen atoms in total. The number of hydrogen-bond acceptors (Lipinski definition) is 7. The number of benzene rings is 2. The van der Waals surface area contributed by atoms with Gasteiger partial charge in [0.1, 0.15) is 5.82 Å². The molecule has 0 spiro atoms. The highest BCUT2D eigenvalue weighted by Crippen LogP contribution is 2.45. The molecule has 9 heteroatoms. The van der Waals surface area contributed by atoms with Crippen LogP contribution in [0.4, 0.5) is 5.82 Å². The number of hydrogen-bond donors (Lipinski definition) is 1. The van der Waals surface area contributed by atoms with E-state index in [0.29, 0.717) is 23.0 Å². The number of anilines is 1. The summed E-state index contributed by atoms with van der Waals surface area (Å²) in [7, 11) is 3.18. The SMILES string of the molecule is COc1cccc([C@H]2CC(=O)Nc3c2c(C)nn3-c2nncc(-c3ccccc3)n2)c1OC. The number of nitrogens with one attached hydrogen (secondary N) is 1. The van der Waals surface area contributed by atoms with Crippen molar-refractivity contribution in [2.75, 3.05) is 19.5 Å². The molecule has 0 saturated heterocycles. The lowest BCUT2D eigenvalue weighted by atomic mass is 9.85. The van der Waals surface area contributed by atoms with E-state index in [9.17, 15) is 4.79 Å². The molecule has 0 bridgehead atoms. The summed E-state index contributed by atoms with van der Waals surface area (Å²) in [6, 6.07) is 15.4. The van der Waals surface area contributed by atoms with Gasteiger partial charge in [-0.2, -0.15) is 14.9 Å². The van der Waals surface area contributed by atoms with E-state index < -0.39 is 0 Å². The minimum Gasteiger partial charge on any atom is -0.493 e. The zero-order chi connectivity index (χ0) is 22.9. The Labute approximate surface area is 190 Å². The molecule has 166 valence electrons. The van der Waals surface area contributed by atoms with E-state index in [1.165, 1.54) is 0 Å². The molecular formula is C24H22N6O3. The molecule has 1 aliphatic heterocycles. The number of fused-ring (bicyclic) bond motifs is 1. The zero-order valence-electron chi connectivity index (χ0n) is 18.4. The number of carbonyl (C=O) groups excluding carboxylic acids is 1. The Kier molecular flexibility index (Phi) is 5.21. The third kappa shape index (κ3) is 3.57. The van der Waals surface area contributed by atoms with Gasteiger partial charge in [-0.15, -0.1) is 5.10 Å². The van der Waals surface area contributed by atoms with E-state index >= 15 is 0 Å². The molecule has 1 amide bonds. The monoisotopic (exact) mass is 442 g/mol. The average Bonchev–Trinajstić information content (AvgIpc) is 3.19. The van der Waals surface area contributed by atoms with E-state index in [1.54, 1.807) is 25.1 Å². The standard InChI is InChI=1S/C24H22N6O3/c1-14-21-17(16-10-7-11-19(32-2)22(16)33-3)12-20(31)27-23(21)30(29-14)24-26-18(13-25-28-24)15-8-5-4-6-9-15/h4-11,13,17H,12H2,1-3H3,(H,27,31)/t17-/m1/s1. The summed E-state index contributed by atoms with van der Waals surface area (Å²) in [5.74, 6) is 1.62. The molecule has 0 aliphatic carbocycles. The molecular weight excluding hydrogens is 420 g/mol. The molecule has 5 rings (SSSR count). The fourth-order valence-electron chi connectivity index (χ4n) is 4.28. The first-order chi connectivity index (χ1) is 16.1. The molecule has 4 aromatic rings. The highest BCUT2D eigenvalue weighted by atomic mass is 16.5. The number of rotatable bonds is 5. The quantitative estimate of drug-likeness (QED) is 0.504. The Morgan fingerprint density at radius 2 is 1.88 bits per heavy atom. The molecule has 0 radical (unpaired) electrons. The van der Waals surface area contributed by atoms with Crippen LogP contribution in [-0.2, 0) is 4.79 Å². The maximum absolute atomic E-state index is 12.8. The first kappa shape index (κ1) is 20.6. The van der Waals surface area contributed by atoms with Gasteiger partial charge in [-0.1, -0.05) is 42.5 Å². The Bertz CT molecular complexity index is 1340. The molecule has 1 aliphatic rings. The summed E-state index contributed by atoms with van der Waals surface area (Å²) >= 11 is 0. The van der Waals surface area contributed by atoms with Crippen LogP contribution in [0.1, 0.15) is 29.2 Å². The molecule has 0 saturated carbocycles. The van der Waals surface area contributed by atoms with Gasteiger partial charge in [-0.05, 0) is 13.0 Å². The van der Waals surface area contributed by atoms with Gasteiger partial charge in [-0.25, -0.2) is 4.98 Å². The van der Waals surface area contributed by atoms with E-state index in [-0.39, 0.29) is 24.2 Å². The van der Waals surface area contributed by atoms with Crippen molar-refractivity contribution in [1.29, 1.82) is 0 Å². The van der Waals surface area contributed by atoms with Crippen molar-refractivity contribution in [3.05, 3.63) is 71.5 Å². The second kappa shape index (κ2) is 8.34. The summed E-state index contributed by atoms with van der Waals surface area (Å²) in [5, 5.41) is 15.9. The fourth-order valence-corrected chi connectivity index (χ4v) is 4.28.